The average molecular weight is 421 g/mol. The Hall–Kier alpha value is -3.77. The van der Waals surface area contributed by atoms with Crippen LogP contribution in [0.5, 0.6) is 0 Å². The average Bonchev–Trinajstić information content (AvgIpc) is 3.40. The van der Waals surface area contributed by atoms with E-state index < -0.39 is 11.6 Å². The van der Waals surface area contributed by atoms with Gasteiger partial charge in [0, 0.05) is 22.3 Å². The molecular formula is C21H16FN5O2S. The maximum atomic E-state index is 13.3. The van der Waals surface area contributed by atoms with Crippen LogP contribution in [0, 0.1) is 24.1 Å². The van der Waals surface area contributed by atoms with Gasteiger partial charge in [-0.1, -0.05) is 18.2 Å². The van der Waals surface area contributed by atoms with E-state index in [0.29, 0.717) is 5.69 Å². The Morgan fingerprint density at radius 1 is 1.37 bits per heavy atom. The highest BCUT2D eigenvalue weighted by Gasteiger charge is 2.21. The molecule has 0 aliphatic carbocycles. The molecule has 7 nitrogen and oxygen atoms in total. The molecule has 0 saturated carbocycles. The number of halogens is 1. The highest BCUT2D eigenvalue weighted by atomic mass is 32.1. The SMILES string of the molecule is Cc1nc2c(C#N)c[nH]n2c(=O)c1CC(=O)NC(c1ccc(F)cc1)c1cccs1. The van der Waals surface area contributed by atoms with Crippen molar-refractivity contribution in [1.82, 2.24) is 19.9 Å². The first kappa shape index (κ1) is 19.5. The summed E-state index contributed by atoms with van der Waals surface area (Å²) in [6, 6.07) is 11.2. The van der Waals surface area contributed by atoms with Gasteiger partial charge in [-0.3, -0.25) is 14.7 Å². The first-order valence-electron chi connectivity index (χ1n) is 9.06. The number of thiophene rings is 1. The van der Waals surface area contributed by atoms with Crippen LogP contribution in [0.2, 0.25) is 0 Å². The van der Waals surface area contributed by atoms with Crippen LogP contribution >= 0.6 is 11.3 Å². The van der Waals surface area contributed by atoms with Crippen molar-refractivity contribution in [2.24, 2.45) is 0 Å². The van der Waals surface area contributed by atoms with Crippen LogP contribution in [-0.4, -0.2) is 20.5 Å². The van der Waals surface area contributed by atoms with E-state index in [9.17, 15) is 14.0 Å². The zero-order valence-electron chi connectivity index (χ0n) is 15.8. The standard InChI is InChI=1S/C21H16FN5O2S/c1-12-16(21(29)27-20(25-12)14(10-23)11-24-27)9-18(28)26-19(17-3-2-8-30-17)13-4-6-15(22)7-5-13/h2-8,11,19,24H,9H2,1H3,(H,26,28). The molecule has 1 unspecified atom stereocenters. The zero-order chi connectivity index (χ0) is 21.3. The van der Waals surface area contributed by atoms with Gasteiger partial charge < -0.3 is 5.32 Å². The van der Waals surface area contributed by atoms with Crippen molar-refractivity contribution in [3.05, 3.63) is 91.4 Å². The van der Waals surface area contributed by atoms with Crippen molar-refractivity contribution in [3.8, 4) is 6.07 Å². The highest BCUT2D eigenvalue weighted by Crippen LogP contribution is 2.26. The number of benzene rings is 1. The van der Waals surface area contributed by atoms with Crippen LogP contribution in [-0.2, 0) is 11.2 Å². The number of nitrogens with zero attached hydrogens (tertiary/aromatic N) is 3. The third-order valence-electron chi connectivity index (χ3n) is 4.76. The van der Waals surface area contributed by atoms with Crippen molar-refractivity contribution in [1.29, 1.82) is 5.26 Å². The third-order valence-corrected chi connectivity index (χ3v) is 5.69. The fourth-order valence-electron chi connectivity index (χ4n) is 3.24. The van der Waals surface area contributed by atoms with E-state index in [0.717, 1.165) is 15.0 Å². The Bertz CT molecular complexity index is 1320. The number of carbonyl (C=O) groups excluding carboxylic acids is 1. The molecule has 9 heteroatoms. The molecule has 4 rings (SSSR count). The van der Waals surface area contributed by atoms with E-state index in [-0.39, 0.29) is 34.9 Å². The minimum atomic E-state index is -0.464. The van der Waals surface area contributed by atoms with Gasteiger partial charge in [0.05, 0.1) is 12.5 Å². The fourth-order valence-corrected chi connectivity index (χ4v) is 4.05. The number of nitriles is 1. The fraction of sp³-hybridized carbons (Fsp3) is 0.143. The lowest BCUT2D eigenvalue weighted by atomic mass is 10.0. The van der Waals surface area contributed by atoms with Crippen LogP contribution in [0.1, 0.15) is 33.3 Å². The van der Waals surface area contributed by atoms with Crippen LogP contribution in [0.25, 0.3) is 5.65 Å². The molecule has 0 saturated heterocycles. The van der Waals surface area contributed by atoms with Crippen molar-refractivity contribution >= 4 is 22.9 Å². The molecule has 30 heavy (non-hydrogen) atoms. The molecule has 0 bridgehead atoms. The van der Waals surface area contributed by atoms with Gasteiger partial charge in [-0.15, -0.1) is 11.3 Å². The topological polar surface area (TPSA) is 103 Å². The maximum absolute atomic E-state index is 13.3. The number of nitrogens with one attached hydrogen (secondary N) is 2. The maximum Gasteiger partial charge on any atom is 0.276 e. The number of hydrogen-bond acceptors (Lipinski definition) is 5. The third kappa shape index (κ3) is 3.60. The zero-order valence-corrected chi connectivity index (χ0v) is 16.7. The van der Waals surface area contributed by atoms with Crippen molar-refractivity contribution in [2.45, 2.75) is 19.4 Å². The number of aromatic nitrogens is 3. The predicted molar refractivity (Wildman–Crippen MR) is 110 cm³/mol. The molecule has 0 fully saturated rings. The van der Waals surface area contributed by atoms with Gasteiger partial charge in [-0.2, -0.15) is 5.26 Å². The molecule has 0 aliphatic rings. The number of H-pyrrole nitrogens is 1. The molecule has 1 amide bonds. The van der Waals surface area contributed by atoms with E-state index in [1.165, 1.54) is 29.7 Å². The summed E-state index contributed by atoms with van der Waals surface area (Å²) in [6.07, 6.45) is 1.22. The van der Waals surface area contributed by atoms with Gasteiger partial charge in [-0.25, -0.2) is 13.9 Å². The van der Waals surface area contributed by atoms with E-state index in [4.69, 9.17) is 5.26 Å². The summed E-state index contributed by atoms with van der Waals surface area (Å²) in [5.74, 6) is -0.729. The first-order valence-corrected chi connectivity index (χ1v) is 9.94. The number of carbonyl (C=O) groups is 1. The molecule has 0 aliphatic heterocycles. The summed E-state index contributed by atoms with van der Waals surface area (Å²) < 4.78 is 14.5. The first-order chi connectivity index (χ1) is 14.5. The van der Waals surface area contributed by atoms with Crippen molar-refractivity contribution < 1.29 is 9.18 Å². The van der Waals surface area contributed by atoms with E-state index in [1.54, 1.807) is 19.1 Å². The van der Waals surface area contributed by atoms with Crippen LogP contribution in [0.3, 0.4) is 0 Å². The van der Waals surface area contributed by atoms with Crippen LogP contribution in [0.15, 0.2) is 52.8 Å². The minimum absolute atomic E-state index is 0.176. The molecule has 2 N–H and O–H groups in total. The second kappa shape index (κ2) is 7.93. The quantitative estimate of drug-likeness (QED) is 0.517. The lowest BCUT2D eigenvalue weighted by Crippen LogP contribution is -2.33. The molecule has 3 aromatic heterocycles. The number of rotatable bonds is 5. The van der Waals surface area contributed by atoms with Gasteiger partial charge in [0.25, 0.3) is 5.56 Å². The molecular weight excluding hydrogens is 405 g/mol. The number of aryl methyl sites for hydroxylation is 1. The second-order valence-corrected chi connectivity index (χ2v) is 7.66. The molecule has 0 spiro atoms. The van der Waals surface area contributed by atoms with Gasteiger partial charge in [-0.05, 0) is 36.1 Å². The molecule has 3 heterocycles. The summed E-state index contributed by atoms with van der Waals surface area (Å²) in [6.45, 7) is 1.63. The predicted octanol–water partition coefficient (Wildman–Crippen LogP) is 2.85. The normalized spacial score (nSPS) is 11.9. The number of fused-ring (bicyclic) bond motifs is 1. The minimum Gasteiger partial charge on any atom is -0.344 e. The largest absolute Gasteiger partial charge is 0.344 e. The smallest absolute Gasteiger partial charge is 0.276 e. The van der Waals surface area contributed by atoms with E-state index >= 15 is 0 Å². The Kier molecular flexibility index (Phi) is 5.16. The molecule has 0 radical (unpaired) electrons. The number of amides is 1. The van der Waals surface area contributed by atoms with Gasteiger partial charge in [0.2, 0.25) is 5.91 Å². The van der Waals surface area contributed by atoms with Gasteiger partial charge >= 0.3 is 0 Å². The Balaban J connectivity index is 1.64. The van der Waals surface area contributed by atoms with E-state index in [2.05, 4.69) is 15.4 Å². The number of hydrogen-bond donors (Lipinski definition) is 2. The van der Waals surface area contributed by atoms with E-state index in [1.807, 2.05) is 23.6 Å². The van der Waals surface area contributed by atoms with Crippen molar-refractivity contribution in [2.75, 3.05) is 0 Å². The Labute approximate surface area is 174 Å². The monoisotopic (exact) mass is 421 g/mol. The van der Waals surface area contributed by atoms with Gasteiger partial charge in [0.1, 0.15) is 17.4 Å². The van der Waals surface area contributed by atoms with Gasteiger partial charge in [0.15, 0.2) is 5.65 Å². The summed E-state index contributed by atoms with van der Waals surface area (Å²) in [5, 5.41) is 16.6. The highest BCUT2D eigenvalue weighted by molar-refractivity contribution is 7.10. The molecule has 1 aromatic carbocycles. The van der Waals surface area contributed by atoms with Crippen LogP contribution < -0.4 is 10.9 Å². The molecule has 4 aromatic rings. The Morgan fingerprint density at radius 2 is 2.13 bits per heavy atom. The summed E-state index contributed by atoms with van der Waals surface area (Å²) in [4.78, 5) is 30.8. The lowest BCUT2D eigenvalue weighted by molar-refractivity contribution is -0.120. The lowest BCUT2D eigenvalue weighted by Gasteiger charge is -2.18. The summed E-state index contributed by atoms with van der Waals surface area (Å²) in [7, 11) is 0. The van der Waals surface area contributed by atoms with Crippen LogP contribution in [0.4, 0.5) is 4.39 Å². The molecule has 1 atom stereocenters. The van der Waals surface area contributed by atoms with Crippen molar-refractivity contribution in [3.63, 3.8) is 0 Å². The molecule has 150 valence electrons. The number of aromatic amines is 1. The Morgan fingerprint density at radius 3 is 2.80 bits per heavy atom. The summed E-state index contributed by atoms with van der Waals surface area (Å²) >= 11 is 1.47. The summed E-state index contributed by atoms with van der Waals surface area (Å²) in [5.41, 5.74) is 1.41. The second-order valence-electron chi connectivity index (χ2n) is 6.68.